The summed E-state index contributed by atoms with van der Waals surface area (Å²) in [7, 11) is 6.21. The third-order valence-corrected chi connectivity index (χ3v) is 4.19. The number of hydrogen-bond donors (Lipinski definition) is 0. The minimum Gasteiger partial charge on any atom is -0.493 e. The number of carbonyl (C=O) groups is 1. The van der Waals surface area contributed by atoms with Gasteiger partial charge in [0.15, 0.2) is 11.5 Å². The highest BCUT2D eigenvalue weighted by Gasteiger charge is 2.19. The van der Waals surface area contributed by atoms with Gasteiger partial charge < -0.3 is 19.1 Å². The molecule has 0 saturated carbocycles. The first kappa shape index (κ1) is 20.0. The number of nitrogens with zero attached hydrogens (tertiary/aromatic N) is 2. The summed E-state index contributed by atoms with van der Waals surface area (Å²) in [4.78, 5) is 24.3. The summed E-state index contributed by atoms with van der Waals surface area (Å²) in [5.41, 5.74) is 1.59. The lowest BCUT2D eigenvalue weighted by Crippen LogP contribution is -2.23. The van der Waals surface area contributed by atoms with Crippen molar-refractivity contribution in [3.8, 4) is 11.5 Å². The number of hydrogen-bond acceptors (Lipinski definition) is 7. The van der Waals surface area contributed by atoms with E-state index in [1.54, 1.807) is 20.3 Å². The molecule has 2 aromatic carbocycles. The van der Waals surface area contributed by atoms with E-state index in [0.717, 1.165) is 5.56 Å². The SMILES string of the molecule is COC(=O)c1cc([N+](=O)[O-])ccc1N(C)CCc1ccc(OC)c(OC)c1. The Hall–Kier alpha value is -3.29. The van der Waals surface area contributed by atoms with Crippen molar-refractivity contribution >= 4 is 17.3 Å². The number of anilines is 1. The summed E-state index contributed by atoms with van der Waals surface area (Å²) in [5, 5.41) is 11.0. The van der Waals surface area contributed by atoms with E-state index in [2.05, 4.69) is 0 Å². The summed E-state index contributed by atoms with van der Waals surface area (Å²) < 4.78 is 15.3. The highest BCUT2D eigenvalue weighted by Crippen LogP contribution is 2.29. The minimum atomic E-state index is -0.619. The Bertz CT molecular complexity index is 837. The second-order valence-corrected chi connectivity index (χ2v) is 5.81. The molecule has 0 heterocycles. The number of ether oxygens (including phenoxy) is 3. The number of benzene rings is 2. The van der Waals surface area contributed by atoms with Gasteiger partial charge in [-0.3, -0.25) is 10.1 Å². The van der Waals surface area contributed by atoms with Crippen LogP contribution in [0, 0.1) is 10.1 Å². The van der Waals surface area contributed by atoms with Crippen molar-refractivity contribution in [2.24, 2.45) is 0 Å². The first-order valence-corrected chi connectivity index (χ1v) is 8.20. The Morgan fingerprint density at radius 1 is 1.07 bits per heavy atom. The predicted molar refractivity (Wildman–Crippen MR) is 101 cm³/mol. The van der Waals surface area contributed by atoms with Crippen molar-refractivity contribution in [1.82, 2.24) is 0 Å². The first-order chi connectivity index (χ1) is 12.9. The zero-order valence-corrected chi connectivity index (χ0v) is 15.7. The number of methoxy groups -OCH3 is 3. The molecule has 0 atom stereocenters. The van der Waals surface area contributed by atoms with Crippen LogP contribution in [0.25, 0.3) is 0 Å². The predicted octanol–water partition coefficient (Wildman–Crippen LogP) is 3.08. The molecule has 0 aromatic heterocycles. The van der Waals surface area contributed by atoms with Crippen molar-refractivity contribution in [2.75, 3.05) is 39.8 Å². The van der Waals surface area contributed by atoms with Gasteiger partial charge in [-0.2, -0.15) is 0 Å². The minimum absolute atomic E-state index is 0.154. The molecule has 0 N–H and O–H groups in total. The van der Waals surface area contributed by atoms with E-state index in [9.17, 15) is 14.9 Å². The maximum atomic E-state index is 12.0. The molecule has 0 amide bonds. The molecular formula is C19H22N2O6. The van der Waals surface area contributed by atoms with Crippen LogP contribution in [0.2, 0.25) is 0 Å². The molecule has 8 nitrogen and oxygen atoms in total. The summed E-state index contributed by atoms with van der Waals surface area (Å²) in [6, 6.07) is 9.82. The molecule has 144 valence electrons. The zero-order valence-electron chi connectivity index (χ0n) is 15.7. The molecule has 2 aromatic rings. The van der Waals surface area contributed by atoms with E-state index in [4.69, 9.17) is 14.2 Å². The van der Waals surface area contributed by atoms with E-state index in [1.807, 2.05) is 30.1 Å². The Balaban J connectivity index is 2.21. The number of carbonyl (C=O) groups excluding carboxylic acids is 1. The van der Waals surface area contributed by atoms with E-state index < -0.39 is 10.9 Å². The second kappa shape index (κ2) is 8.88. The van der Waals surface area contributed by atoms with Crippen molar-refractivity contribution in [1.29, 1.82) is 0 Å². The lowest BCUT2D eigenvalue weighted by Gasteiger charge is -2.22. The lowest BCUT2D eigenvalue weighted by atomic mass is 10.1. The Morgan fingerprint density at radius 2 is 1.78 bits per heavy atom. The van der Waals surface area contributed by atoms with Crippen LogP contribution < -0.4 is 14.4 Å². The van der Waals surface area contributed by atoms with Gasteiger partial charge in [0.25, 0.3) is 5.69 Å². The Morgan fingerprint density at radius 3 is 2.37 bits per heavy atom. The smallest absolute Gasteiger partial charge is 0.340 e. The number of likely N-dealkylation sites (N-methyl/N-ethyl adjacent to an activating group) is 1. The van der Waals surface area contributed by atoms with E-state index >= 15 is 0 Å². The number of non-ortho nitro benzene ring substituents is 1. The van der Waals surface area contributed by atoms with Crippen LogP contribution in [-0.2, 0) is 11.2 Å². The highest BCUT2D eigenvalue weighted by atomic mass is 16.6. The van der Waals surface area contributed by atoms with Gasteiger partial charge in [0, 0.05) is 25.7 Å². The van der Waals surface area contributed by atoms with Gasteiger partial charge in [0.05, 0.1) is 37.5 Å². The molecule has 0 radical (unpaired) electrons. The first-order valence-electron chi connectivity index (χ1n) is 8.20. The normalized spacial score (nSPS) is 10.2. The third-order valence-electron chi connectivity index (χ3n) is 4.19. The van der Waals surface area contributed by atoms with Gasteiger partial charge in [-0.15, -0.1) is 0 Å². The quantitative estimate of drug-likeness (QED) is 0.398. The summed E-state index contributed by atoms with van der Waals surface area (Å²) in [6.45, 7) is 0.581. The molecule has 8 heteroatoms. The topological polar surface area (TPSA) is 91.1 Å². The van der Waals surface area contributed by atoms with Crippen molar-refractivity contribution in [3.63, 3.8) is 0 Å². The van der Waals surface area contributed by atoms with Crippen LogP contribution in [0.4, 0.5) is 11.4 Å². The maximum Gasteiger partial charge on any atom is 0.340 e. The van der Waals surface area contributed by atoms with E-state index in [-0.39, 0.29) is 11.3 Å². The molecule has 0 fully saturated rings. The van der Waals surface area contributed by atoms with Crippen LogP contribution in [0.5, 0.6) is 11.5 Å². The molecule has 0 unspecified atom stereocenters. The Labute approximate surface area is 157 Å². The van der Waals surface area contributed by atoms with Crippen LogP contribution in [0.15, 0.2) is 36.4 Å². The molecule has 27 heavy (non-hydrogen) atoms. The molecular weight excluding hydrogens is 352 g/mol. The molecule has 0 aliphatic rings. The molecule has 0 aliphatic heterocycles. The number of rotatable bonds is 8. The second-order valence-electron chi connectivity index (χ2n) is 5.81. The van der Waals surface area contributed by atoms with Gasteiger partial charge in [-0.1, -0.05) is 6.07 Å². The largest absolute Gasteiger partial charge is 0.493 e. The average molecular weight is 374 g/mol. The third kappa shape index (κ3) is 4.66. The van der Waals surface area contributed by atoms with Crippen LogP contribution in [0.1, 0.15) is 15.9 Å². The fourth-order valence-corrected chi connectivity index (χ4v) is 2.70. The Kier molecular flexibility index (Phi) is 6.59. The van der Waals surface area contributed by atoms with Gasteiger partial charge in [0.2, 0.25) is 0 Å². The molecule has 0 spiro atoms. The molecule has 0 saturated heterocycles. The van der Waals surface area contributed by atoms with Gasteiger partial charge in [-0.25, -0.2) is 4.79 Å². The van der Waals surface area contributed by atoms with Gasteiger partial charge >= 0.3 is 5.97 Å². The van der Waals surface area contributed by atoms with Crippen molar-refractivity contribution in [3.05, 3.63) is 57.6 Å². The lowest BCUT2D eigenvalue weighted by molar-refractivity contribution is -0.384. The summed E-state index contributed by atoms with van der Waals surface area (Å²) in [6.07, 6.45) is 0.675. The van der Waals surface area contributed by atoms with Gasteiger partial charge in [0.1, 0.15) is 0 Å². The highest BCUT2D eigenvalue weighted by molar-refractivity contribution is 5.96. The van der Waals surface area contributed by atoms with E-state index in [0.29, 0.717) is 30.2 Å². The number of nitro groups is 1. The molecule has 2 rings (SSSR count). The number of nitro benzene ring substituents is 1. The maximum absolute atomic E-state index is 12.0. The summed E-state index contributed by atoms with van der Waals surface area (Å²) >= 11 is 0. The van der Waals surface area contributed by atoms with Gasteiger partial charge in [-0.05, 0) is 30.2 Å². The van der Waals surface area contributed by atoms with Crippen molar-refractivity contribution < 1.29 is 23.9 Å². The summed E-state index contributed by atoms with van der Waals surface area (Å²) in [5.74, 6) is 0.674. The van der Waals surface area contributed by atoms with Crippen LogP contribution in [0.3, 0.4) is 0 Å². The standard InChI is InChI=1S/C19H22N2O6/c1-20(10-9-13-5-8-17(25-2)18(11-13)26-3)16-7-6-14(21(23)24)12-15(16)19(22)27-4/h5-8,11-12H,9-10H2,1-4H3. The average Bonchev–Trinajstić information content (AvgIpc) is 2.70. The van der Waals surface area contributed by atoms with Crippen LogP contribution >= 0.6 is 0 Å². The molecule has 0 aliphatic carbocycles. The monoisotopic (exact) mass is 374 g/mol. The van der Waals surface area contributed by atoms with Crippen molar-refractivity contribution in [2.45, 2.75) is 6.42 Å². The van der Waals surface area contributed by atoms with E-state index in [1.165, 1.54) is 19.2 Å². The zero-order chi connectivity index (χ0) is 20.0. The number of esters is 1. The fourth-order valence-electron chi connectivity index (χ4n) is 2.70. The fraction of sp³-hybridized carbons (Fsp3) is 0.316. The molecule has 0 bridgehead atoms. The van der Waals surface area contributed by atoms with Crippen LogP contribution in [-0.4, -0.2) is 45.8 Å².